The lowest BCUT2D eigenvalue weighted by Gasteiger charge is -2.25. The maximum absolute atomic E-state index is 12.4. The van der Waals surface area contributed by atoms with Gasteiger partial charge in [-0.05, 0) is 45.0 Å². The molecule has 24 heavy (non-hydrogen) atoms. The van der Waals surface area contributed by atoms with Crippen LogP contribution in [-0.2, 0) is 4.74 Å². The second-order valence-electron chi connectivity index (χ2n) is 6.45. The highest BCUT2D eigenvalue weighted by Crippen LogP contribution is 2.23. The number of rotatable bonds is 9. The minimum atomic E-state index is -0.369. The van der Waals surface area contributed by atoms with Gasteiger partial charge in [0.15, 0.2) is 0 Å². The van der Waals surface area contributed by atoms with Gasteiger partial charge >= 0.3 is 5.97 Å². The van der Waals surface area contributed by atoms with E-state index in [1.54, 1.807) is 18.2 Å². The largest absolute Gasteiger partial charge is 0.493 e. The van der Waals surface area contributed by atoms with Crippen molar-refractivity contribution >= 4 is 24.1 Å². The van der Waals surface area contributed by atoms with Gasteiger partial charge in [0.05, 0.1) is 6.61 Å². The molecule has 0 aliphatic rings. The molecule has 0 unspecified atom stereocenters. The van der Waals surface area contributed by atoms with Gasteiger partial charge in [-0.15, -0.1) is 12.4 Å². The number of ether oxygens (including phenoxy) is 2. The molecule has 0 aliphatic carbocycles. The summed E-state index contributed by atoms with van der Waals surface area (Å²) >= 11 is 0. The molecule has 1 aromatic rings. The first-order chi connectivity index (χ1) is 10.8. The molecule has 0 aromatic heterocycles. The Morgan fingerprint density at radius 2 is 1.96 bits per heavy atom. The Balaban J connectivity index is 0.00000529. The molecule has 0 bridgehead atoms. The lowest BCUT2D eigenvalue weighted by Crippen LogP contribution is -2.34. The lowest BCUT2D eigenvalue weighted by atomic mass is 10.0. The van der Waals surface area contributed by atoms with Gasteiger partial charge in [0.25, 0.3) is 0 Å². The van der Waals surface area contributed by atoms with Crippen LogP contribution in [0.2, 0.25) is 0 Å². The van der Waals surface area contributed by atoms with Crippen LogP contribution < -0.4 is 10.5 Å². The first-order valence-electron chi connectivity index (χ1n) is 8.21. The van der Waals surface area contributed by atoms with Gasteiger partial charge in [-0.2, -0.15) is 0 Å². The van der Waals surface area contributed by atoms with E-state index in [0.29, 0.717) is 36.1 Å². The predicted molar refractivity (Wildman–Crippen MR) is 101 cm³/mol. The van der Waals surface area contributed by atoms with Crippen LogP contribution in [0.25, 0.3) is 0 Å². The lowest BCUT2D eigenvalue weighted by molar-refractivity contribution is 0.0375. The van der Waals surface area contributed by atoms with Gasteiger partial charge in [-0.3, -0.25) is 0 Å². The standard InChI is InChI=1S/C18H30N2O3.ClH/c1-6-9-22-17-11-14(19)7-8-16(17)18(21)23-12-15(20(4)5)10-13(2)3;/h7-8,11,13,15H,6,9-10,12,19H2,1-5H3;1H/t15-;/m0./s1. The summed E-state index contributed by atoms with van der Waals surface area (Å²) in [5, 5.41) is 0. The summed E-state index contributed by atoms with van der Waals surface area (Å²) in [6.45, 7) is 7.24. The number of carbonyl (C=O) groups excluding carboxylic acids is 1. The average Bonchev–Trinajstić information content (AvgIpc) is 2.48. The van der Waals surface area contributed by atoms with E-state index < -0.39 is 0 Å². The van der Waals surface area contributed by atoms with Crippen molar-refractivity contribution in [3.05, 3.63) is 23.8 Å². The first-order valence-corrected chi connectivity index (χ1v) is 8.21. The van der Waals surface area contributed by atoms with E-state index in [4.69, 9.17) is 15.2 Å². The van der Waals surface area contributed by atoms with E-state index in [-0.39, 0.29) is 24.4 Å². The summed E-state index contributed by atoms with van der Waals surface area (Å²) < 4.78 is 11.1. The van der Waals surface area contributed by atoms with Crippen LogP contribution in [0.4, 0.5) is 5.69 Å². The fourth-order valence-electron chi connectivity index (χ4n) is 2.26. The third-order valence-electron chi connectivity index (χ3n) is 3.57. The van der Waals surface area contributed by atoms with Crippen molar-refractivity contribution in [2.45, 2.75) is 39.7 Å². The Morgan fingerprint density at radius 3 is 2.50 bits per heavy atom. The molecule has 2 N–H and O–H groups in total. The number of hydrogen-bond donors (Lipinski definition) is 1. The molecule has 0 saturated heterocycles. The minimum absolute atomic E-state index is 0. The summed E-state index contributed by atoms with van der Waals surface area (Å²) in [6.07, 6.45) is 1.83. The van der Waals surface area contributed by atoms with Crippen molar-refractivity contribution in [3.63, 3.8) is 0 Å². The topological polar surface area (TPSA) is 64.8 Å². The summed E-state index contributed by atoms with van der Waals surface area (Å²) in [7, 11) is 4.00. The van der Waals surface area contributed by atoms with Crippen molar-refractivity contribution in [2.24, 2.45) is 5.92 Å². The fraction of sp³-hybridized carbons (Fsp3) is 0.611. The third kappa shape index (κ3) is 7.41. The summed E-state index contributed by atoms with van der Waals surface area (Å²) in [4.78, 5) is 14.5. The van der Waals surface area contributed by atoms with Crippen LogP contribution in [0.1, 0.15) is 44.0 Å². The van der Waals surface area contributed by atoms with Crippen LogP contribution in [-0.4, -0.2) is 44.2 Å². The van der Waals surface area contributed by atoms with Crippen molar-refractivity contribution < 1.29 is 14.3 Å². The highest BCUT2D eigenvalue weighted by Gasteiger charge is 2.19. The molecule has 0 saturated carbocycles. The molecular formula is C18H31ClN2O3. The van der Waals surface area contributed by atoms with Crippen LogP contribution in [0.3, 0.4) is 0 Å². The second kappa shape index (κ2) is 11.2. The van der Waals surface area contributed by atoms with Gasteiger partial charge in [-0.1, -0.05) is 20.8 Å². The monoisotopic (exact) mass is 358 g/mol. The normalized spacial score (nSPS) is 12.0. The van der Waals surface area contributed by atoms with Gasteiger partial charge in [0, 0.05) is 17.8 Å². The Hall–Kier alpha value is -1.46. The number of nitrogens with zero attached hydrogens (tertiary/aromatic N) is 1. The number of nitrogens with two attached hydrogens (primary N) is 1. The summed E-state index contributed by atoms with van der Waals surface area (Å²) in [5.41, 5.74) is 6.77. The Kier molecular flexibility index (Phi) is 10.5. The van der Waals surface area contributed by atoms with E-state index in [1.165, 1.54) is 0 Å². The van der Waals surface area contributed by atoms with E-state index >= 15 is 0 Å². The third-order valence-corrected chi connectivity index (χ3v) is 3.57. The molecule has 5 nitrogen and oxygen atoms in total. The molecule has 0 amide bonds. The smallest absolute Gasteiger partial charge is 0.341 e. The molecule has 0 heterocycles. The van der Waals surface area contributed by atoms with Crippen molar-refractivity contribution in [1.82, 2.24) is 4.90 Å². The molecule has 0 spiro atoms. The zero-order chi connectivity index (χ0) is 17.4. The summed E-state index contributed by atoms with van der Waals surface area (Å²) in [6, 6.07) is 5.22. The van der Waals surface area contributed by atoms with Gasteiger partial charge in [0.2, 0.25) is 0 Å². The molecule has 6 heteroatoms. The predicted octanol–water partition coefficient (Wildman–Crippen LogP) is 3.61. The number of likely N-dealkylation sites (N-methyl/N-ethyl adjacent to an activating group) is 1. The van der Waals surface area contributed by atoms with Crippen molar-refractivity contribution in [2.75, 3.05) is 33.0 Å². The number of anilines is 1. The van der Waals surface area contributed by atoms with Gasteiger partial charge in [0.1, 0.15) is 17.9 Å². The average molecular weight is 359 g/mol. The van der Waals surface area contributed by atoms with E-state index in [9.17, 15) is 4.79 Å². The molecular weight excluding hydrogens is 328 g/mol. The fourth-order valence-corrected chi connectivity index (χ4v) is 2.26. The SMILES string of the molecule is CCCOc1cc(N)ccc1C(=O)OC[C@H](CC(C)C)N(C)C.Cl. The molecule has 0 radical (unpaired) electrons. The molecule has 1 aromatic carbocycles. The number of halogens is 1. The van der Waals surface area contributed by atoms with Crippen molar-refractivity contribution in [1.29, 1.82) is 0 Å². The quantitative estimate of drug-likeness (QED) is 0.539. The molecule has 138 valence electrons. The van der Waals surface area contributed by atoms with Crippen molar-refractivity contribution in [3.8, 4) is 5.75 Å². The maximum atomic E-state index is 12.4. The molecule has 1 rings (SSSR count). The maximum Gasteiger partial charge on any atom is 0.341 e. The van der Waals surface area contributed by atoms with Crippen LogP contribution in [0.5, 0.6) is 5.75 Å². The highest BCUT2D eigenvalue weighted by atomic mass is 35.5. The van der Waals surface area contributed by atoms with Crippen LogP contribution in [0.15, 0.2) is 18.2 Å². The molecule has 0 fully saturated rings. The number of esters is 1. The number of carbonyl (C=O) groups is 1. The van der Waals surface area contributed by atoms with E-state index in [1.807, 2.05) is 21.0 Å². The first kappa shape index (κ1) is 22.5. The van der Waals surface area contributed by atoms with Crippen LogP contribution in [0, 0.1) is 5.92 Å². The number of hydrogen-bond acceptors (Lipinski definition) is 5. The number of benzene rings is 1. The Bertz CT molecular complexity index is 507. The second-order valence-corrected chi connectivity index (χ2v) is 6.45. The van der Waals surface area contributed by atoms with E-state index in [0.717, 1.165) is 12.8 Å². The highest BCUT2D eigenvalue weighted by molar-refractivity contribution is 5.93. The van der Waals surface area contributed by atoms with Gasteiger partial charge < -0.3 is 20.1 Å². The van der Waals surface area contributed by atoms with E-state index in [2.05, 4.69) is 18.7 Å². The zero-order valence-electron chi connectivity index (χ0n) is 15.4. The summed E-state index contributed by atoms with van der Waals surface area (Å²) in [5.74, 6) is 0.662. The Labute approximate surface area is 151 Å². The zero-order valence-corrected chi connectivity index (χ0v) is 16.2. The van der Waals surface area contributed by atoms with Crippen LogP contribution >= 0.6 is 12.4 Å². The molecule has 0 aliphatic heterocycles. The minimum Gasteiger partial charge on any atom is -0.493 e. The Morgan fingerprint density at radius 1 is 1.29 bits per heavy atom. The number of nitrogen functional groups attached to an aromatic ring is 1. The van der Waals surface area contributed by atoms with Gasteiger partial charge in [-0.25, -0.2) is 4.79 Å². The molecule has 1 atom stereocenters.